The molecule has 1 heterocycles. The molecule has 0 atom stereocenters. The number of benzene rings is 1. The molecule has 0 bridgehead atoms. The average molecular weight is 380 g/mol. The van der Waals surface area contributed by atoms with Crippen LogP contribution in [-0.4, -0.2) is 22.0 Å². The van der Waals surface area contributed by atoms with Crippen LogP contribution in [-0.2, 0) is 9.59 Å². The molecule has 1 aliphatic carbocycles. The number of aliphatic carboxylic acids is 1. The van der Waals surface area contributed by atoms with E-state index >= 15 is 0 Å². The number of amides is 1. The number of ether oxygens (including phenoxy) is 1. The summed E-state index contributed by atoms with van der Waals surface area (Å²) in [7, 11) is 0. The minimum absolute atomic E-state index is 0.157. The summed E-state index contributed by atoms with van der Waals surface area (Å²) in [4.78, 5) is 27.8. The van der Waals surface area contributed by atoms with Crippen molar-refractivity contribution in [3.63, 3.8) is 0 Å². The number of pyridine rings is 1. The topological polar surface area (TPSA) is 88.5 Å². The van der Waals surface area contributed by atoms with Crippen LogP contribution in [0.25, 0.3) is 6.08 Å². The van der Waals surface area contributed by atoms with Gasteiger partial charge >= 0.3 is 5.97 Å². The second kappa shape index (κ2) is 9.69. The van der Waals surface area contributed by atoms with Gasteiger partial charge in [-0.1, -0.05) is 43.9 Å². The summed E-state index contributed by atoms with van der Waals surface area (Å²) in [6.07, 6.45) is 8.84. The minimum atomic E-state index is -1.18. The maximum atomic E-state index is 12.1. The van der Waals surface area contributed by atoms with Gasteiger partial charge in [0.05, 0.1) is 0 Å². The van der Waals surface area contributed by atoms with Gasteiger partial charge in [-0.2, -0.15) is 0 Å². The van der Waals surface area contributed by atoms with E-state index in [0.717, 1.165) is 19.3 Å². The number of nitrogens with one attached hydrogen (secondary N) is 1. The van der Waals surface area contributed by atoms with Gasteiger partial charge < -0.3 is 15.2 Å². The molecule has 0 aliphatic heterocycles. The predicted octanol–water partition coefficient (Wildman–Crippen LogP) is 4.39. The zero-order valence-corrected chi connectivity index (χ0v) is 15.6. The van der Waals surface area contributed by atoms with Crippen LogP contribution in [0.1, 0.15) is 44.1 Å². The summed E-state index contributed by atoms with van der Waals surface area (Å²) in [6, 6.07) is 12.6. The van der Waals surface area contributed by atoms with E-state index in [1.807, 2.05) is 30.3 Å². The Bertz CT molecular complexity index is 825. The lowest BCUT2D eigenvalue weighted by Gasteiger charge is -2.10. The first kappa shape index (κ1) is 19.6. The first-order chi connectivity index (χ1) is 13.6. The van der Waals surface area contributed by atoms with Crippen LogP contribution in [0.4, 0.5) is 0 Å². The van der Waals surface area contributed by atoms with Crippen LogP contribution >= 0.6 is 0 Å². The summed E-state index contributed by atoms with van der Waals surface area (Å²) in [5, 5.41) is 11.9. The second-order valence-corrected chi connectivity index (χ2v) is 6.95. The molecule has 6 nitrogen and oxygen atoms in total. The van der Waals surface area contributed by atoms with Crippen LogP contribution in [0.2, 0.25) is 0 Å². The fraction of sp³-hybridized carbons (Fsp3) is 0.318. The van der Waals surface area contributed by atoms with Crippen molar-refractivity contribution in [1.29, 1.82) is 0 Å². The van der Waals surface area contributed by atoms with Gasteiger partial charge in [0.15, 0.2) is 0 Å². The molecule has 6 heteroatoms. The van der Waals surface area contributed by atoms with Gasteiger partial charge in [-0.3, -0.25) is 4.79 Å². The summed E-state index contributed by atoms with van der Waals surface area (Å²) in [5.41, 5.74) is 0.406. The zero-order valence-electron chi connectivity index (χ0n) is 15.6. The van der Waals surface area contributed by atoms with Crippen molar-refractivity contribution < 1.29 is 19.4 Å². The number of hydrogen-bond donors (Lipinski definition) is 2. The lowest BCUT2D eigenvalue weighted by atomic mass is 10.0. The zero-order chi connectivity index (χ0) is 19.8. The summed E-state index contributed by atoms with van der Waals surface area (Å²) >= 11 is 0. The van der Waals surface area contributed by atoms with Crippen LogP contribution in [0.5, 0.6) is 11.6 Å². The normalized spacial score (nSPS) is 14.6. The fourth-order valence-electron chi connectivity index (χ4n) is 3.31. The van der Waals surface area contributed by atoms with Gasteiger partial charge in [-0.15, -0.1) is 0 Å². The largest absolute Gasteiger partial charge is 0.477 e. The third kappa shape index (κ3) is 5.94. The number of rotatable bonds is 8. The summed E-state index contributed by atoms with van der Waals surface area (Å²) < 4.78 is 5.61. The molecule has 1 fully saturated rings. The maximum absolute atomic E-state index is 12.1. The van der Waals surface area contributed by atoms with Crippen LogP contribution in [0, 0.1) is 5.92 Å². The van der Waals surface area contributed by atoms with Gasteiger partial charge in [0.2, 0.25) is 11.8 Å². The lowest BCUT2D eigenvalue weighted by molar-refractivity contribution is -0.134. The number of aromatic nitrogens is 1. The highest BCUT2D eigenvalue weighted by Gasteiger charge is 2.17. The summed E-state index contributed by atoms with van der Waals surface area (Å²) in [6.45, 7) is 0. The van der Waals surface area contributed by atoms with Crippen molar-refractivity contribution in [2.75, 3.05) is 0 Å². The number of carboxylic acids is 1. The second-order valence-electron chi connectivity index (χ2n) is 6.95. The molecule has 1 saturated carbocycles. The van der Waals surface area contributed by atoms with Crippen molar-refractivity contribution in [3.8, 4) is 11.6 Å². The molecule has 1 aromatic carbocycles. The minimum Gasteiger partial charge on any atom is -0.477 e. The Kier molecular flexibility index (Phi) is 6.78. The molecule has 146 valence electrons. The monoisotopic (exact) mass is 380 g/mol. The molecule has 2 aromatic rings. The number of carbonyl (C=O) groups is 2. The summed E-state index contributed by atoms with van der Waals surface area (Å²) in [5.74, 6) is 0.209. The van der Waals surface area contributed by atoms with Crippen LogP contribution in [0.15, 0.2) is 54.4 Å². The Hall–Kier alpha value is -3.15. The van der Waals surface area contributed by atoms with Crippen LogP contribution in [0.3, 0.4) is 0 Å². The predicted molar refractivity (Wildman–Crippen MR) is 106 cm³/mol. The van der Waals surface area contributed by atoms with Crippen molar-refractivity contribution in [3.05, 3.63) is 59.9 Å². The SMILES string of the molecule is O=C(CCC1CCCC1)N/C(=C\c1ccc(Oc2ccccc2)nc1)C(=O)O. The average Bonchev–Trinajstić information content (AvgIpc) is 3.22. The number of carbonyl (C=O) groups excluding carboxylic acids is 1. The number of hydrogen-bond acceptors (Lipinski definition) is 4. The third-order valence-electron chi connectivity index (χ3n) is 4.79. The molecule has 0 unspecified atom stereocenters. The van der Waals surface area contributed by atoms with E-state index in [2.05, 4.69) is 10.3 Å². The standard InChI is InChI=1S/C22H24N2O4/c25-20(12-10-16-6-4-5-7-16)24-19(22(26)27)14-17-11-13-21(23-15-17)28-18-8-2-1-3-9-18/h1-3,8-9,11,13-16H,4-7,10,12H2,(H,24,25)(H,26,27)/b19-14-. The highest BCUT2D eigenvalue weighted by molar-refractivity contribution is 5.96. The van der Waals surface area contributed by atoms with E-state index in [9.17, 15) is 14.7 Å². The van der Waals surface area contributed by atoms with Gasteiger partial charge in [0.25, 0.3) is 0 Å². The quantitative estimate of drug-likeness (QED) is 0.663. The van der Waals surface area contributed by atoms with E-state index in [1.54, 1.807) is 12.1 Å². The number of carboxylic acid groups (broad SMARTS) is 1. The number of para-hydroxylation sites is 1. The van der Waals surface area contributed by atoms with Gasteiger partial charge in [0, 0.05) is 18.7 Å². The maximum Gasteiger partial charge on any atom is 0.352 e. The fourth-order valence-corrected chi connectivity index (χ4v) is 3.31. The molecule has 1 amide bonds. The van der Waals surface area contributed by atoms with Gasteiger partial charge in [-0.25, -0.2) is 9.78 Å². The smallest absolute Gasteiger partial charge is 0.352 e. The number of nitrogens with zero attached hydrogens (tertiary/aromatic N) is 1. The lowest BCUT2D eigenvalue weighted by Crippen LogP contribution is -2.27. The highest BCUT2D eigenvalue weighted by Crippen LogP contribution is 2.28. The van der Waals surface area contributed by atoms with Gasteiger partial charge in [-0.05, 0) is 42.2 Å². The van der Waals surface area contributed by atoms with Crippen molar-refractivity contribution in [1.82, 2.24) is 10.3 Å². The molecular weight excluding hydrogens is 356 g/mol. The van der Waals surface area contributed by atoms with E-state index < -0.39 is 5.97 Å². The Morgan fingerprint density at radius 2 is 1.89 bits per heavy atom. The molecule has 1 aliphatic rings. The van der Waals surface area contributed by atoms with E-state index in [0.29, 0.717) is 29.5 Å². The Balaban J connectivity index is 1.59. The van der Waals surface area contributed by atoms with Crippen molar-refractivity contribution in [2.24, 2.45) is 5.92 Å². The van der Waals surface area contributed by atoms with Crippen molar-refractivity contribution >= 4 is 18.0 Å². The molecular formula is C22H24N2O4. The highest BCUT2D eigenvalue weighted by atomic mass is 16.5. The molecule has 0 saturated heterocycles. The van der Waals surface area contributed by atoms with E-state index in [-0.39, 0.29) is 11.6 Å². The molecule has 28 heavy (non-hydrogen) atoms. The van der Waals surface area contributed by atoms with Crippen molar-refractivity contribution in [2.45, 2.75) is 38.5 Å². The molecule has 0 spiro atoms. The third-order valence-corrected chi connectivity index (χ3v) is 4.79. The van der Waals surface area contributed by atoms with Crippen LogP contribution < -0.4 is 10.1 Å². The van der Waals surface area contributed by atoms with E-state index in [4.69, 9.17) is 4.74 Å². The first-order valence-electron chi connectivity index (χ1n) is 9.54. The Morgan fingerprint density at radius 1 is 1.14 bits per heavy atom. The van der Waals surface area contributed by atoms with Gasteiger partial charge in [0.1, 0.15) is 11.4 Å². The van der Waals surface area contributed by atoms with E-state index in [1.165, 1.54) is 25.1 Å². The molecule has 2 N–H and O–H groups in total. The Labute approximate surface area is 164 Å². The molecule has 3 rings (SSSR count). The Morgan fingerprint density at radius 3 is 2.54 bits per heavy atom. The molecule has 0 radical (unpaired) electrons. The molecule has 1 aromatic heterocycles. The first-order valence-corrected chi connectivity index (χ1v) is 9.54.